The summed E-state index contributed by atoms with van der Waals surface area (Å²) in [5, 5.41) is 11.3. The van der Waals surface area contributed by atoms with Crippen molar-refractivity contribution in [2.24, 2.45) is 0 Å². The molecule has 16 nitrogen and oxygen atoms in total. The third-order valence-corrected chi connectivity index (χ3v) is 8.44. The van der Waals surface area contributed by atoms with E-state index in [1.165, 1.54) is 43.3 Å². The van der Waals surface area contributed by atoms with Crippen LogP contribution in [0.4, 0.5) is 0 Å². The lowest BCUT2D eigenvalue weighted by Gasteiger charge is -2.47. The summed E-state index contributed by atoms with van der Waals surface area (Å²) in [6, 6.07) is 23.6. The third-order valence-electron chi connectivity index (χ3n) is 8.44. The van der Waals surface area contributed by atoms with Crippen LogP contribution < -0.4 is 0 Å². The zero-order chi connectivity index (χ0) is 39.6. The standard InChI is InChI=1S/C39H40O16/c1-21-29(52-35(43)25-14-8-5-9-15-25)31(53-36(44)26-16-10-6-11-17-26)34(54-37(45)27-18-12-7-13-19-27)39(48-21)55-33-32(50-24(4)42)30(49-23(3)41)28(51-38(33)46)20-47-22(2)40/h5-19,21,28-34,38-39,46H,20H2,1-4H3/t21-,28?,29?,30-,31?,32?,33?,34-,38+,39?/m0/s1. The Hall–Kier alpha value is -5.68. The van der Waals surface area contributed by atoms with E-state index in [1.807, 2.05) is 0 Å². The number of hydrogen-bond donors (Lipinski definition) is 1. The van der Waals surface area contributed by atoms with Gasteiger partial charge in [-0.1, -0.05) is 54.6 Å². The van der Waals surface area contributed by atoms with E-state index in [1.54, 1.807) is 54.6 Å². The van der Waals surface area contributed by atoms with E-state index in [0.29, 0.717) is 0 Å². The van der Waals surface area contributed by atoms with Crippen molar-refractivity contribution in [1.82, 2.24) is 0 Å². The molecule has 292 valence electrons. The number of hydrogen-bond acceptors (Lipinski definition) is 16. The Bertz CT molecular complexity index is 1800. The fraction of sp³-hybridized carbons (Fsp3) is 0.385. The van der Waals surface area contributed by atoms with Crippen molar-refractivity contribution < 1.29 is 76.5 Å². The van der Waals surface area contributed by atoms with Gasteiger partial charge in [0.2, 0.25) is 0 Å². The van der Waals surface area contributed by atoms with Gasteiger partial charge in [-0.25, -0.2) is 14.4 Å². The van der Waals surface area contributed by atoms with E-state index in [2.05, 4.69) is 0 Å². The van der Waals surface area contributed by atoms with E-state index in [0.717, 1.165) is 20.8 Å². The summed E-state index contributed by atoms with van der Waals surface area (Å²) < 4.78 is 51.9. The molecule has 1 N–H and O–H groups in total. The van der Waals surface area contributed by atoms with Gasteiger partial charge >= 0.3 is 35.8 Å². The zero-order valence-electron chi connectivity index (χ0n) is 30.2. The van der Waals surface area contributed by atoms with Crippen LogP contribution in [-0.4, -0.2) is 109 Å². The predicted octanol–water partition coefficient (Wildman–Crippen LogP) is 2.94. The van der Waals surface area contributed by atoms with Crippen molar-refractivity contribution in [3.63, 3.8) is 0 Å². The Balaban J connectivity index is 1.56. The van der Waals surface area contributed by atoms with Crippen LogP contribution in [0.2, 0.25) is 0 Å². The molecule has 3 aromatic rings. The van der Waals surface area contributed by atoms with E-state index >= 15 is 0 Å². The molecule has 2 aliphatic rings. The molecular formula is C39H40O16. The first-order valence-corrected chi connectivity index (χ1v) is 17.2. The first kappa shape index (κ1) is 40.5. The Labute approximate surface area is 315 Å². The van der Waals surface area contributed by atoms with Gasteiger partial charge in [-0.15, -0.1) is 0 Å². The van der Waals surface area contributed by atoms with Gasteiger partial charge in [0.05, 0.1) is 22.8 Å². The molecule has 2 heterocycles. The summed E-state index contributed by atoms with van der Waals surface area (Å²) in [6.45, 7) is 4.21. The molecule has 0 amide bonds. The van der Waals surface area contributed by atoms with Crippen LogP contribution in [0.1, 0.15) is 58.8 Å². The highest BCUT2D eigenvalue weighted by Gasteiger charge is 2.56. The molecule has 0 radical (unpaired) electrons. The fourth-order valence-corrected chi connectivity index (χ4v) is 5.99. The maximum Gasteiger partial charge on any atom is 0.338 e. The highest BCUT2D eigenvalue weighted by atomic mass is 16.8. The number of aliphatic hydroxyl groups is 1. The average Bonchev–Trinajstić information content (AvgIpc) is 3.16. The summed E-state index contributed by atoms with van der Waals surface area (Å²) in [6.07, 6.45) is -15.9. The largest absolute Gasteiger partial charge is 0.463 e. The van der Waals surface area contributed by atoms with Crippen molar-refractivity contribution in [1.29, 1.82) is 0 Å². The van der Waals surface area contributed by atoms with E-state index in [4.69, 9.17) is 42.6 Å². The van der Waals surface area contributed by atoms with Gasteiger partial charge < -0.3 is 47.7 Å². The molecule has 3 aromatic carbocycles. The summed E-state index contributed by atoms with van der Waals surface area (Å²) in [5.74, 6) is -5.08. The Morgan fingerprint density at radius 3 is 1.40 bits per heavy atom. The molecule has 0 saturated carbocycles. The van der Waals surface area contributed by atoms with E-state index in [9.17, 15) is 33.9 Å². The lowest BCUT2D eigenvalue weighted by molar-refractivity contribution is -0.358. The number of carbonyl (C=O) groups excluding carboxylic acids is 6. The van der Waals surface area contributed by atoms with Crippen LogP contribution in [-0.2, 0) is 57.0 Å². The second-order valence-electron chi connectivity index (χ2n) is 12.5. The topological polar surface area (TPSA) is 206 Å². The van der Waals surface area contributed by atoms with Gasteiger partial charge in [0.1, 0.15) is 12.7 Å². The molecule has 0 aliphatic carbocycles. The van der Waals surface area contributed by atoms with Crippen molar-refractivity contribution in [3.05, 3.63) is 108 Å². The Morgan fingerprint density at radius 1 is 0.527 bits per heavy atom. The summed E-state index contributed by atoms with van der Waals surface area (Å²) >= 11 is 0. The summed E-state index contributed by atoms with van der Waals surface area (Å²) in [7, 11) is 0. The quantitative estimate of drug-likeness (QED) is 0.208. The smallest absolute Gasteiger partial charge is 0.338 e. The van der Waals surface area contributed by atoms with Gasteiger partial charge in [0, 0.05) is 20.8 Å². The van der Waals surface area contributed by atoms with Crippen molar-refractivity contribution in [2.45, 2.75) is 89.1 Å². The van der Waals surface area contributed by atoms with Crippen LogP contribution >= 0.6 is 0 Å². The predicted molar refractivity (Wildman–Crippen MR) is 185 cm³/mol. The van der Waals surface area contributed by atoms with Crippen LogP contribution in [0.25, 0.3) is 0 Å². The first-order valence-electron chi connectivity index (χ1n) is 17.2. The van der Waals surface area contributed by atoms with Crippen LogP contribution in [0, 0.1) is 0 Å². The van der Waals surface area contributed by atoms with Gasteiger partial charge in [0.25, 0.3) is 0 Å². The third kappa shape index (κ3) is 10.5. The van der Waals surface area contributed by atoms with Crippen molar-refractivity contribution in [3.8, 4) is 0 Å². The first-order chi connectivity index (χ1) is 26.3. The summed E-state index contributed by atoms with van der Waals surface area (Å²) in [5.41, 5.74) is 0.341. The molecule has 10 atom stereocenters. The summed E-state index contributed by atoms with van der Waals surface area (Å²) in [4.78, 5) is 77.0. The molecule has 0 spiro atoms. The van der Waals surface area contributed by atoms with Gasteiger partial charge in [-0.3, -0.25) is 14.4 Å². The molecule has 2 saturated heterocycles. The lowest BCUT2D eigenvalue weighted by atomic mass is 9.96. The molecule has 0 bridgehead atoms. The van der Waals surface area contributed by atoms with Crippen molar-refractivity contribution in [2.75, 3.05) is 6.61 Å². The normalized spacial score (nSPS) is 27.4. The number of ether oxygens (including phenoxy) is 9. The Kier molecular flexibility index (Phi) is 13.7. The number of carbonyl (C=O) groups is 6. The molecule has 5 rings (SSSR count). The second kappa shape index (κ2) is 18.6. The minimum absolute atomic E-state index is 0.0768. The van der Waals surface area contributed by atoms with E-state index in [-0.39, 0.29) is 16.7 Å². The molecule has 55 heavy (non-hydrogen) atoms. The fourth-order valence-electron chi connectivity index (χ4n) is 5.99. The highest BCUT2D eigenvalue weighted by Crippen LogP contribution is 2.35. The number of rotatable bonds is 12. The average molecular weight is 765 g/mol. The number of esters is 6. The number of benzene rings is 3. The van der Waals surface area contributed by atoms with Crippen LogP contribution in [0.15, 0.2) is 91.0 Å². The molecule has 0 aromatic heterocycles. The second-order valence-corrected chi connectivity index (χ2v) is 12.5. The Morgan fingerprint density at radius 2 is 0.945 bits per heavy atom. The van der Waals surface area contributed by atoms with Crippen LogP contribution in [0.3, 0.4) is 0 Å². The molecule has 2 fully saturated rings. The van der Waals surface area contributed by atoms with Gasteiger partial charge in [0.15, 0.2) is 49.2 Å². The van der Waals surface area contributed by atoms with Crippen molar-refractivity contribution >= 4 is 35.8 Å². The molecule has 6 unspecified atom stereocenters. The van der Waals surface area contributed by atoms with Gasteiger partial charge in [-0.2, -0.15) is 0 Å². The van der Waals surface area contributed by atoms with Crippen LogP contribution in [0.5, 0.6) is 0 Å². The van der Waals surface area contributed by atoms with E-state index < -0.39 is 104 Å². The minimum atomic E-state index is -1.97. The number of aliphatic hydroxyl groups excluding tert-OH is 1. The maximum absolute atomic E-state index is 13.7. The lowest BCUT2D eigenvalue weighted by Crippen LogP contribution is -2.66. The maximum atomic E-state index is 13.7. The zero-order valence-corrected chi connectivity index (χ0v) is 30.2. The molecular weight excluding hydrogens is 724 g/mol. The monoisotopic (exact) mass is 764 g/mol. The molecule has 16 heteroatoms. The van der Waals surface area contributed by atoms with Gasteiger partial charge in [-0.05, 0) is 43.3 Å². The SMILES string of the molecule is CC(=O)OCC1O[C@@H](O)C(OC2O[C@@H](C)C(OC(=O)c3ccccc3)C(OC(=O)c3ccccc3)[C@@H]2OC(=O)c2ccccc2)C(OC(C)=O)[C@H]1OC(C)=O. The highest BCUT2D eigenvalue weighted by molar-refractivity contribution is 5.91. The molecule has 2 aliphatic heterocycles. The minimum Gasteiger partial charge on any atom is -0.463 e.